The van der Waals surface area contributed by atoms with E-state index in [9.17, 15) is 20.2 Å². The average molecular weight is 289 g/mol. The largest absolute Gasteiger partial charge is 0.322 e. The number of hydrogen-bond donors (Lipinski definition) is 2. The van der Waals surface area contributed by atoms with Gasteiger partial charge in [0.15, 0.2) is 0 Å². The zero-order valence-electron chi connectivity index (χ0n) is 10.9. The molecule has 2 rings (SSSR count). The fourth-order valence-corrected chi connectivity index (χ4v) is 1.73. The summed E-state index contributed by atoms with van der Waals surface area (Å²) < 4.78 is 0. The molecular weight excluding hydrogens is 278 g/mol. The average Bonchev–Trinajstić information content (AvgIpc) is 2.45. The minimum atomic E-state index is -0.705. The molecule has 1 aromatic heterocycles. The molecule has 0 fully saturated rings. The maximum absolute atomic E-state index is 11.1. The second-order valence-corrected chi connectivity index (χ2v) is 4.10. The molecule has 0 amide bonds. The van der Waals surface area contributed by atoms with Gasteiger partial charge in [-0.15, -0.1) is 0 Å². The Hall–Kier alpha value is -3.23. The molecule has 0 saturated heterocycles. The molecule has 0 aliphatic carbocycles. The van der Waals surface area contributed by atoms with E-state index in [2.05, 4.69) is 15.8 Å². The minimum Gasteiger partial charge on any atom is -0.299 e. The van der Waals surface area contributed by atoms with E-state index in [0.29, 0.717) is 5.69 Å². The molecule has 108 valence electrons. The SMILES string of the molecule is Cc1c([N+](=O)[O-])cnc(NNc2ccccc2)c1[N+](=O)[O-]. The van der Waals surface area contributed by atoms with Crippen molar-refractivity contribution >= 4 is 22.9 Å². The van der Waals surface area contributed by atoms with Crippen molar-refractivity contribution in [3.8, 4) is 0 Å². The second kappa shape index (κ2) is 5.82. The zero-order chi connectivity index (χ0) is 15.4. The first-order valence-electron chi connectivity index (χ1n) is 5.86. The lowest BCUT2D eigenvalue weighted by atomic mass is 10.2. The van der Waals surface area contributed by atoms with E-state index >= 15 is 0 Å². The molecule has 21 heavy (non-hydrogen) atoms. The highest BCUT2D eigenvalue weighted by Gasteiger charge is 2.27. The fourth-order valence-electron chi connectivity index (χ4n) is 1.73. The molecule has 0 atom stereocenters. The van der Waals surface area contributed by atoms with Crippen molar-refractivity contribution in [2.75, 3.05) is 10.9 Å². The van der Waals surface area contributed by atoms with Crippen LogP contribution in [-0.2, 0) is 0 Å². The van der Waals surface area contributed by atoms with E-state index in [1.165, 1.54) is 6.92 Å². The summed E-state index contributed by atoms with van der Waals surface area (Å²) in [6, 6.07) is 8.88. The molecule has 9 heteroatoms. The van der Waals surface area contributed by atoms with Gasteiger partial charge < -0.3 is 0 Å². The summed E-state index contributed by atoms with van der Waals surface area (Å²) in [6.07, 6.45) is 0.983. The Morgan fingerprint density at radius 2 is 1.71 bits per heavy atom. The number of nitro groups is 2. The van der Waals surface area contributed by atoms with Gasteiger partial charge in [0.25, 0.3) is 5.69 Å². The number of hydrazine groups is 1. The Morgan fingerprint density at radius 3 is 2.29 bits per heavy atom. The smallest absolute Gasteiger partial charge is 0.299 e. The third-order valence-corrected chi connectivity index (χ3v) is 2.76. The van der Waals surface area contributed by atoms with Crippen LogP contribution in [0.25, 0.3) is 0 Å². The van der Waals surface area contributed by atoms with Crippen molar-refractivity contribution in [1.82, 2.24) is 4.98 Å². The molecule has 9 nitrogen and oxygen atoms in total. The molecule has 0 saturated carbocycles. The molecule has 0 aliphatic rings. The van der Waals surface area contributed by atoms with E-state index in [1.807, 2.05) is 6.07 Å². The summed E-state index contributed by atoms with van der Waals surface area (Å²) >= 11 is 0. The quantitative estimate of drug-likeness (QED) is 0.640. The molecule has 0 radical (unpaired) electrons. The highest BCUT2D eigenvalue weighted by molar-refractivity contribution is 5.67. The lowest BCUT2D eigenvalue weighted by Gasteiger charge is -2.10. The zero-order valence-corrected chi connectivity index (χ0v) is 10.9. The first kappa shape index (κ1) is 14.2. The lowest BCUT2D eigenvalue weighted by Crippen LogP contribution is -2.13. The first-order chi connectivity index (χ1) is 10.0. The number of nitrogens with one attached hydrogen (secondary N) is 2. The van der Waals surface area contributed by atoms with Crippen LogP contribution < -0.4 is 10.9 Å². The van der Waals surface area contributed by atoms with Crippen LogP contribution >= 0.6 is 0 Å². The van der Waals surface area contributed by atoms with Gasteiger partial charge in [0.05, 0.1) is 15.5 Å². The number of benzene rings is 1. The third kappa shape index (κ3) is 3.03. The third-order valence-electron chi connectivity index (χ3n) is 2.76. The van der Waals surface area contributed by atoms with E-state index < -0.39 is 21.2 Å². The number of aromatic nitrogens is 1. The van der Waals surface area contributed by atoms with Gasteiger partial charge in [0, 0.05) is 0 Å². The lowest BCUT2D eigenvalue weighted by molar-refractivity contribution is -0.395. The molecule has 2 N–H and O–H groups in total. The topological polar surface area (TPSA) is 123 Å². The predicted molar refractivity (Wildman–Crippen MR) is 76.0 cm³/mol. The summed E-state index contributed by atoms with van der Waals surface area (Å²) in [5.74, 6) is -0.0908. The number of para-hydroxylation sites is 1. The Bertz CT molecular complexity index is 690. The van der Waals surface area contributed by atoms with E-state index in [1.54, 1.807) is 24.3 Å². The molecule has 0 unspecified atom stereocenters. The Morgan fingerprint density at radius 1 is 1.05 bits per heavy atom. The molecular formula is C12H11N5O4. The summed E-state index contributed by atoms with van der Waals surface area (Å²) in [5.41, 5.74) is 5.12. The highest BCUT2D eigenvalue weighted by Crippen LogP contribution is 2.32. The van der Waals surface area contributed by atoms with E-state index in [-0.39, 0.29) is 11.4 Å². The molecule has 1 heterocycles. The van der Waals surface area contributed by atoms with Crippen LogP contribution in [0.15, 0.2) is 36.5 Å². The Balaban J connectivity index is 2.33. The maximum atomic E-state index is 11.1. The van der Waals surface area contributed by atoms with Crippen LogP contribution in [0.2, 0.25) is 0 Å². The highest BCUT2D eigenvalue weighted by atomic mass is 16.6. The van der Waals surface area contributed by atoms with Crippen molar-refractivity contribution in [3.05, 3.63) is 62.3 Å². The normalized spacial score (nSPS) is 9.95. The van der Waals surface area contributed by atoms with Gasteiger partial charge in [0.2, 0.25) is 5.82 Å². The summed E-state index contributed by atoms with van der Waals surface area (Å²) in [7, 11) is 0. The Kier molecular flexibility index (Phi) is 3.93. The monoisotopic (exact) mass is 289 g/mol. The van der Waals surface area contributed by atoms with Crippen molar-refractivity contribution in [3.63, 3.8) is 0 Å². The number of anilines is 2. The van der Waals surface area contributed by atoms with Crippen LogP contribution in [-0.4, -0.2) is 14.8 Å². The standard InChI is InChI=1S/C12H11N5O4/c1-8-10(16(18)19)7-13-12(11(8)17(20)21)15-14-9-5-3-2-4-6-9/h2-7,14H,1H3,(H,13,15). The first-order valence-corrected chi connectivity index (χ1v) is 5.86. The fraction of sp³-hybridized carbons (Fsp3) is 0.0833. The van der Waals surface area contributed by atoms with Gasteiger partial charge in [-0.1, -0.05) is 18.2 Å². The summed E-state index contributed by atoms with van der Waals surface area (Å²) in [4.78, 5) is 24.2. The summed E-state index contributed by atoms with van der Waals surface area (Å²) in [6.45, 7) is 1.31. The molecule has 2 aromatic rings. The number of rotatable bonds is 5. The van der Waals surface area contributed by atoms with Crippen molar-refractivity contribution in [2.24, 2.45) is 0 Å². The van der Waals surface area contributed by atoms with Crippen LogP contribution in [0.5, 0.6) is 0 Å². The van der Waals surface area contributed by atoms with Gasteiger partial charge >= 0.3 is 5.69 Å². The molecule has 0 aliphatic heterocycles. The van der Waals surface area contributed by atoms with Crippen LogP contribution in [0.1, 0.15) is 5.56 Å². The van der Waals surface area contributed by atoms with Gasteiger partial charge in [-0.2, -0.15) is 0 Å². The van der Waals surface area contributed by atoms with Gasteiger partial charge in [-0.25, -0.2) is 4.98 Å². The second-order valence-electron chi connectivity index (χ2n) is 4.10. The van der Waals surface area contributed by atoms with Crippen molar-refractivity contribution in [1.29, 1.82) is 0 Å². The number of pyridine rings is 1. The summed E-state index contributed by atoms with van der Waals surface area (Å²) in [5, 5.41) is 21.9. The van der Waals surface area contributed by atoms with Gasteiger partial charge in [-0.3, -0.25) is 31.1 Å². The predicted octanol–water partition coefficient (Wildman–Crippen LogP) is 2.65. The molecule has 0 bridgehead atoms. The Labute approximate surface area is 118 Å². The van der Waals surface area contributed by atoms with Crippen molar-refractivity contribution in [2.45, 2.75) is 6.92 Å². The van der Waals surface area contributed by atoms with E-state index in [4.69, 9.17) is 0 Å². The molecule has 1 aromatic carbocycles. The molecule has 0 spiro atoms. The van der Waals surface area contributed by atoms with Crippen molar-refractivity contribution < 1.29 is 9.85 Å². The van der Waals surface area contributed by atoms with Crippen LogP contribution in [0, 0.1) is 27.2 Å². The van der Waals surface area contributed by atoms with Crippen LogP contribution in [0.4, 0.5) is 22.9 Å². The van der Waals surface area contributed by atoms with E-state index in [0.717, 1.165) is 6.20 Å². The minimum absolute atomic E-state index is 0.0580. The maximum Gasteiger partial charge on any atom is 0.322 e. The number of nitrogens with zero attached hydrogens (tertiary/aromatic N) is 3. The number of hydrogen-bond acceptors (Lipinski definition) is 7. The van der Waals surface area contributed by atoms with Gasteiger partial charge in [-0.05, 0) is 19.1 Å². The van der Waals surface area contributed by atoms with Crippen LogP contribution in [0.3, 0.4) is 0 Å². The van der Waals surface area contributed by atoms with Gasteiger partial charge in [0.1, 0.15) is 11.8 Å².